The van der Waals surface area contributed by atoms with Crippen molar-refractivity contribution in [3.63, 3.8) is 0 Å². The van der Waals surface area contributed by atoms with Crippen LogP contribution < -0.4 is 11.1 Å². The normalized spacial score (nSPS) is 30.2. The number of benzene rings is 1. The van der Waals surface area contributed by atoms with Gasteiger partial charge in [-0.05, 0) is 50.2 Å². The minimum absolute atomic E-state index is 0.104. The molecule has 1 aromatic rings. The zero-order valence-corrected chi connectivity index (χ0v) is 11.9. The molecule has 3 rings (SSSR count). The van der Waals surface area contributed by atoms with Gasteiger partial charge in [0.1, 0.15) is 5.82 Å². The van der Waals surface area contributed by atoms with Crippen molar-refractivity contribution < 1.29 is 9.18 Å². The predicted molar refractivity (Wildman–Crippen MR) is 76.8 cm³/mol. The fraction of sp³-hybridized carbons (Fsp3) is 0.500. The number of fused-ring (bicyclic) bond motifs is 2. The number of carbonyl (C=O) groups is 1. The third-order valence-electron chi connectivity index (χ3n) is 5.01. The molecule has 0 heterocycles. The summed E-state index contributed by atoms with van der Waals surface area (Å²) in [7, 11) is 0. The number of nitriles is 1. The number of nitrogens with two attached hydrogens (primary N) is 1. The number of nitrogens with one attached hydrogen (secondary N) is 1. The van der Waals surface area contributed by atoms with Crippen molar-refractivity contribution >= 4 is 11.6 Å². The van der Waals surface area contributed by atoms with Crippen LogP contribution in [0.25, 0.3) is 0 Å². The van der Waals surface area contributed by atoms with Gasteiger partial charge in [-0.1, -0.05) is 0 Å². The second-order valence-electron chi connectivity index (χ2n) is 6.17. The summed E-state index contributed by atoms with van der Waals surface area (Å²) in [5, 5.41) is 11.7. The molecule has 5 heteroatoms. The molecule has 0 saturated heterocycles. The summed E-state index contributed by atoms with van der Waals surface area (Å²) in [5.74, 6) is -0.0471. The zero-order chi connectivity index (χ0) is 15.1. The van der Waals surface area contributed by atoms with Gasteiger partial charge < -0.3 is 11.1 Å². The first-order chi connectivity index (χ1) is 10.0. The second-order valence-corrected chi connectivity index (χ2v) is 6.17. The van der Waals surface area contributed by atoms with E-state index >= 15 is 0 Å². The largest absolute Gasteiger partial charge is 0.327 e. The smallest absolute Gasteiger partial charge is 0.229 e. The van der Waals surface area contributed by atoms with E-state index in [1.165, 1.54) is 12.1 Å². The molecule has 110 valence electrons. The summed E-state index contributed by atoms with van der Waals surface area (Å²) in [6.07, 6.45) is 3.17. The lowest BCUT2D eigenvalue weighted by atomic mass is 9.84. The number of carbonyl (C=O) groups excluding carboxylic acids is 1. The highest BCUT2D eigenvalue weighted by molar-refractivity contribution is 5.94. The van der Waals surface area contributed by atoms with Crippen LogP contribution in [0.2, 0.25) is 0 Å². The highest BCUT2D eigenvalue weighted by Gasteiger charge is 2.49. The molecule has 4 atom stereocenters. The number of amides is 1. The van der Waals surface area contributed by atoms with Gasteiger partial charge in [0.2, 0.25) is 5.91 Å². The highest BCUT2D eigenvalue weighted by atomic mass is 19.1. The van der Waals surface area contributed by atoms with E-state index in [0.29, 0.717) is 23.1 Å². The van der Waals surface area contributed by atoms with Crippen LogP contribution in [0.15, 0.2) is 12.1 Å². The molecule has 21 heavy (non-hydrogen) atoms. The van der Waals surface area contributed by atoms with Gasteiger partial charge >= 0.3 is 0 Å². The van der Waals surface area contributed by atoms with E-state index in [-0.39, 0.29) is 23.4 Å². The van der Waals surface area contributed by atoms with Gasteiger partial charge in [-0.3, -0.25) is 4.79 Å². The summed E-state index contributed by atoms with van der Waals surface area (Å²) in [6.45, 7) is 1.59. The van der Waals surface area contributed by atoms with Crippen molar-refractivity contribution in [3.8, 4) is 6.07 Å². The lowest BCUT2D eigenvalue weighted by Gasteiger charge is -2.27. The van der Waals surface area contributed by atoms with Crippen molar-refractivity contribution in [1.82, 2.24) is 0 Å². The third kappa shape index (κ3) is 2.30. The minimum atomic E-state index is -0.485. The summed E-state index contributed by atoms with van der Waals surface area (Å²) >= 11 is 0. The standard InChI is InChI=1S/C16H18FN3O/c1-8-12(17)4-9(7-18)5-13(8)20-16(21)14-10-2-3-11(6-10)15(14)19/h4-5,10-11,14-15H,2-3,6,19H2,1H3,(H,20,21). The maximum atomic E-state index is 13.8. The first-order valence-corrected chi connectivity index (χ1v) is 7.28. The number of halogens is 1. The Morgan fingerprint density at radius 2 is 2.14 bits per heavy atom. The summed E-state index contributed by atoms with van der Waals surface area (Å²) < 4.78 is 13.8. The zero-order valence-electron chi connectivity index (χ0n) is 11.9. The third-order valence-corrected chi connectivity index (χ3v) is 5.01. The molecule has 4 nitrogen and oxygen atoms in total. The predicted octanol–water partition coefficient (Wildman–Crippen LogP) is 2.32. The van der Waals surface area contributed by atoms with Crippen molar-refractivity contribution in [1.29, 1.82) is 5.26 Å². The first kappa shape index (κ1) is 14.0. The quantitative estimate of drug-likeness (QED) is 0.876. The van der Waals surface area contributed by atoms with Gasteiger partial charge in [0.05, 0.1) is 17.6 Å². The van der Waals surface area contributed by atoms with Gasteiger partial charge in [-0.2, -0.15) is 5.26 Å². The van der Waals surface area contributed by atoms with E-state index in [2.05, 4.69) is 5.32 Å². The molecule has 0 aromatic heterocycles. The van der Waals surface area contributed by atoms with Crippen LogP contribution in [-0.2, 0) is 4.79 Å². The second kappa shape index (κ2) is 5.12. The first-order valence-electron chi connectivity index (χ1n) is 7.28. The molecule has 0 radical (unpaired) electrons. The van der Waals surface area contributed by atoms with Gasteiger partial charge in [0.25, 0.3) is 0 Å². The topological polar surface area (TPSA) is 78.9 Å². The highest BCUT2D eigenvalue weighted by Crippen LogP contribution is 2.48. The number of hydrogen-bond acceptors (Lipinski definition) is 3. The van der Waals surface area contributed by atoms with Crippen LogP contribution in [-0.4, -0.2) is 11.9 Å². The van der Waals surface area contributed by atoms with Gasteiger partial charge in [0.15, 0.2) is 0 Å². The Bertz CT molecular complexity index is 635. The van der Waals surface area contributed by atoms with E-state index in [1.807, 2.05) is 6.07 Å². The Labute approximate surface area is 123 Å². The monoisotopic (exact) mass is 287 g/mol. The maximum absolute atomic E-state index is 13.8. The Balaban J connectivity index is 1.83. The molecule has 2 aliphatic carbocycles. The van der Waals surface area contributed by atoms with Crippen LogP contribution in [0, 0.1) is 41.8 Å². The molecule has 0 aliphatic heterocycles. The van der Waals surface area contributed by atoms with E-state index in [9.17, 15) is 9.18 Å². The molecule has 4 unspecified atom stereocenters. The molecule has 2 fully saturated rings. The van der Waals surface area contributed by atoms with Crippen LogP contribution >= 0.6 is 0 Å². The molecule has 1 amide bonds. The Morgan fingerprint density at radius 3 is 2.76 bits per heavy atom. The lowest BCUT2D eigenvalue weighted by molar-refractivity contribution is -0.121. The van der Waals surface area contributed by atoms with E-state index < -0.39 is 5.82 Å². The SMILES string of the molecule is Cc1c(F)cc(C#N)cc1NC(=O)C1C2CCC(C2)C1N. The molecule has 0 spiro atoms. The number of rotatable bonds is 2. The number of nitrogens with zero attached hydrogens (tertiary/aromatic N) is 1. The van der Waals surface area contributed by atoms with Crippen molar-refractivity contribution in [3.05, 3.63) is 29.1 Å². The number of hydrogen-bond donors (Lipinski definition) is 2. The van der Waals surface area contributed by atoms with Crippen LogP contribution in [0.5, 0.6) is 0 Å². The minimum Gasteiger partial charge on any atom is -0.327 e. The Hall–Kier alpha value is -1.93. The van der Waals surface area contributed by atoms with Gasteiger partial charge in [0, 0.05) is 17.3 Å². The van der Waals surface area contributed by atoms with Crippen molar-refractivity contribution in [2.24, 2.45) is 23.5 Å². The molecular weight excluding hydrogens is 269 g/mol. The summed E-state index contributed by atoms with van der Waals surface area (Å²) in [5.41, 5.74) is 7.07. The van der Waals surface area contributed by atoms with Crippen LogP contribution in [0.1, 0.15) is 30.4 Å². The van der Waals surface area contributed by atoms with Crippen LogP contribution in [0.4, 0.5) is 10.1 Å². The molecule has 2 aliphatic rings. The molecule has 1 aromatic carbocycles. The average molecular weight is 287 g/mol. The Morgan fingerprint density at radius 1 is 1.43 bits per heavy atom. The fourth-order valence-electron chi connectivity index (χ4n) is 3.81. The number of anilines is 1. The molecular formula is C16H18FN3O. The van der Waals surface area contributed by atoms with Gasteiger partial charge in [-0.15, -0.1) is 0 Å². The van der Waals surface area contributed by atoms with E-state index in [0.717, 1.165) is 19.3 Å². The lowest BCUT2D eigenvalue weighted by Crippen LogP contribution is -2.42. The maximum Gasteiger partial charge on any atom is 0.229 e. The Kier molecular flexibility index (Phi) is 3.42. The average Bonchev–Trinajstić information content (AvgIpc) is 3.04. The summed E-state index contributed by atoms with van der Waals surface area (Å²) in [4.78, 5) is 12.5. The van der Waals surface area contributed by atoms with Crippen LogP contribution in [0.3, 0.4) is 0 Å². The van der Waals surface area contributed by atoms with Crippen molar-refractivity contribution in [2.75, 3.05) is 5.32 Å². The van der Waals surface area contributed by atoms with Crippen molar-refractivity contribution in [2.45, 2.75) is 32.2 Å². The summed E-state index contributed by atoms with van der Waals surface area (Å²) in [6, 6.07) is 4.48. The molecule has 2 bridgehead atoms. The molecule has 3 N–H and O–H groups in total. The molecule has 2 saturated carbocycles. The van der Waals surface area contributed by atoms with E-state index in [4.69, 9.17) is 11.0 Å². The van der Waals surface area contributed by atoms with E-state index in [1.54, 1.807) is 6.92 Å². The fourth-order valence-corrected chi connectivity index (χ4v) is 3.81. The van der Waals surface area contributed by atoms with Gasteiger partial charge in [-0.25, -0.2) is 4.39 Å².